The number of likely N-dealkylation sites (N-methyl/N-ethyl adjacent to an activating group) is 2. The molecule has 2 unspecified atom stereocenters. The summed E-state index contributed by atoms with van der Waals surface area (Å²) in [5, 5.41) is 9.18. The van der Waals surface area contributed by atoms with Gasteiger partial charge >= 0.3 is 5.97 Å². The van der Waals surface area contributed by atoms with E-state index in [1.807, 2.05) is 13.8 Å². The van der Waals surface area contributed by atoms with E-state index >= 15 is 0 Å². The Morgan fingerprint density at radius 1 is 1.08 bits per heavy atom. The molecule has 16 heteroatoms. The Hall–Kier alpha value is -3.91. The average molecular weight is 677 g/mol. The van der Waals surface area contributed by atoms with Crippen molar-refractivity contribution in [2.75, 3.05) is 40.3 Å². The van der Waals surface area contributed by atoms with Crippen LogP contribution in [0.3, 0.4) is 0 Å². The Kier molecular flexibility index (Phi) is 13.6. The zero-order valence-electron chi connectivity index (χ0n) is 29.3. The largest absolute Gasteiger partial charge is 0.452 e. The summed E-state index contributed by atoms with van der Waals surface area (Å²) in [7, 11) is 3.00. The second kappa shape index (κ2) is 17.0. The number of hydrogen-bond acceptors (Lipinski definition) is 9. The zero-order chi connectivity index (χ0) is 35.8. The first kappa shape index (κ1) is 38.5. The first-order valence-electron chi connectivity index (χ1n) is 16.9. The van der Waals surface area contributed by atoms with Crippen LogP contribution in [0.5, 0.6) is 0 Å². The number of amides is 5. The number of fused-ring (bicyclic) bond motifs is 1. The van der Waals surface area contributed by atoms with Gasteiger partial charge in [-0.2, -0.15) is 0 Å². The highest BCUT2D eigenvalue weighted by molar-refractivity contribution is 5.97. The van der Waals surface area contributed by atoms with Crippen molar-refractivity contribution in [2.45, 2.75) is 115 Å². The molecule has 0 bridgehead atoms. The predicted octanol–water partition coefficient (Wildman–Crippen LogP) is 1.52. The maximum atomic E-state index is 14.3. The minimum absolute atomic E-state index is 0.0914. The summed E-state index contributed by atoms with van der Waals surface area (Å²) in [6, 6.07) is -2.87. The first-order valence-corrected chi connectivity index (χ1v) is 16.9. The van der Waals surface area contributed by atoms with Crippen LogP contribution in [0.15, 0.2) is 5.11 Å². The molecule has 48 heavy (non-hydrogen) atoms. The molecule has 0 spiro atoms. The van der Waals surface area contributed by atoms with Gasteiger partial charge < -0.3 is 34.8 Å². The third kappa shape index (κ3) is 9.16. The molecule has 268 valence electrons. The van der Waals surface area contributed by atoms with Crippen LogP contribution in [0.4, 0.5) is 0 Å². The number of carbonyl (C=O) groups is 6. The Balaban J connectivity index is 2.05. The van der Waals surface area contributed by atoms with Crippen LogP contribution in [0.2, 0.25) is 0 Å². The third-order valence-electron chi connectivity index (χ3n) is 9.85. The molecule has 3 rings (SSSR count). The van der Waals surface area contributed by atoms with E-state index in [0.717, 1.165) is 0 Å². The van der Waals surface area contributed by atoms with Gasteiger partial charge in [0, 0.05) is 45.1 Å². The topological polar surface area (TPSA) is 207 Å². The van der Waals surface area contributed by atoms with Gasteiger partial charge in [0.05, 0.1) is 19.1 Å². The number of epoxide rings is 1. The molecule has 3 heterocycles. The second-order valence-electron chi connectivity index (χ2n) is 13.6. The lowest BCUT2D eigenvalue weighted by molar-refractivity contribution is -0.162. The molecule has 3 aliphatic heterocycles. The first-order chi connectivity index (χ1) is 22.7. The lowest BCUT2D eigenvalue weighted by atomic mass is 9.89. The SMILES string of the molecule is CC[C@H](C)[C@@H]1NC(=O)[C@@H]2CCCN2C(=O)[C@@H](CC2CO2)OC(=O)CCNC(=O)[C@@](C)(CCCN=[N+]=[N-])N(C)C(=O)C(C(C)C)N(C)C1=O. The molecule has 16 nitrogen and oxygen atoms in total. The fraction of sp³-hybridized carbons (Fsp3) is 0.812. The van der Waals surface area contributed by atoms with Gasteiger partial charge in [0.2, 0.25) is 23.6 Å². The molecular weight excluding hydrogens is 624 g/mol. The van der Waals surface area contributed by atoms with Crippen molar-refractivity contribution in [2.24, 2.45) is 17.0 Å². The minimum atomic E-state index is -1.46. The summed E-state index contributed by atoms with van der Waals surface area (Å²) < 4.78 is 10.9. The van der Waals surface area contributed by atoms with Crippen molar-refractivity contribution < 1.29 is 38.2 Å². The van der Waals surface area contributed by atoms with Gasteiger partial charge in [0.15, 0.2) is 6.10 Å². The van der Waals surface area contributed by atoms with Crippen molar-refractivity contribution in [3.05, 3.63) is 10.4 Å². The Morgan fingerprint density at radius 2 is 1.77 bits per heavy atom. The van der Waals surface area contributed by atoms with Gasteiger partial charge in [-0.1, -0.05) is 39.2 Å². The molecule has 0 saturated carbocycles. The normalized spacial score (nSPS) is 30.4. The molecule has 0 aliphatic carbocycles. The van der Waals surface area contributed by atoms with Crippen LogP contribution >= 0.6 is 0 Å². The van der Waals surface area contributed by atoms with Crippen molar-refractivity contribution in [3.63, 3.8) is 0 Å². The number of esters is 1. The number of rotatable bonds is 9. The molecular formula is C32H52N8O8. The van der Waals surface area contributed by atoms with Crippen LogP contribution in [-0.4, -0.2) is 126 Å². The molecule has 3 aliphatic rings. The highest BCUT2D eigenvalue weighted by Crippen LogP contribution is 2.27. The van der Waals surface area contributed by atoms with E-state index in [2.05, 4.69) is 20.7 Å². The Labute approximate surface area is 282 Å². The minimum Gasteiger partial charge on any atom is -0.452 e. The number of azide groups is 1. The molecule has 5 amide bonds. The van der Waals surface area contributed by atoms with E-state index in [9.17, 15) is 28.8 Å². The van der Waals surface area contributed by atoms with E-state index in [1.165, 1.54) is 28.8 Å². The number of hydrogen-bond donors (Lipinski definition) is 2. The number of nitrogens with zero attached hydrogens (tertiary/aromatic N) is 6. The van der Waals surface area contributed by atoms with Crippen LogP contribution in [-0.2, 0) is 38.2 Å². The van der Waals surface area contributed by atoms with Gasteiger partial charge in [-0.3, -0.25) is 28.8 Å². The lowest BCUT2D eigenvalue weighted by Crippen LogP contribution is -2.64. The fourth-order valence-corrected chi connectivity index (χ4v) is 6.42. The zero-order valence-corrected chi connectivity index (χ0v) is 29.3. The van der Waals surface area contributed by atoms with Crippen molar-refractivity contribution in [1.29, 1.82) is 0 Å². The quantitative estimate of drug-likeness (QED) is 0.0912. The van der Waals surface area contributed by atoms with E-state index in [0.29, 0.717) is 25.9 Å². The maximum Gasteiger partial charge on any atom is 0.308 e. The molecule has 3 saturated heterocycles. The van der Waals surface area contributed by atoms with E-state index in [-0.39, 0.29) is 63.3 Å². The van der Waals surface area contributed by atoms with E-state index < -0.39 is 65.3 Å². The van der Waals surface area contributed by atoms with E-state index in [1.54, 1.807) is 20.8 Å². The second-order valence-corrected chi connectivity index (χ2v) is 13.6. The van der Waals surface area contributed by atoms with Gasteiger partial charge in [-0.25, -0.2) is 0 Å². The predicted molar refractivity (Wildman–Crippen MR) is 174 cm³/mol. The molecule has 7 atom stereocenters. The summed E-state index contributed by atoms with van der Waals surface area (Å²) in [5.41, 5.74) is 7.29. The third-order valence-corrected chi connectivity index (χ3v) is 9.85. The lowest BCUT2D eigenvalue weighted by Gasteiger charge is -2.42. The number of carbonyl (C=O) groups excluding carboxylic acids is 6. The van der Waals surface area contributed by atoms with Gasteiger partial charge in [0.1, 0.15) is 23.7 Å². The summed E-state index contributed by atoms with van der Waals surface area (Å²) in [6.07, 6.45) is 0.312. The molecule has 0 aromatic carbocycles. The summed E-state index contributed by atoms with van der Waals surface area (Å²) in [4.78, 5) is 89.6. The van der Waals surface area contributed by atoms with Gasteiger partial charge in [-0.05, 0) is 50.0 Å². The average Bonchev–Trinajstić information content (AvgIpc) is 3.73. The molecule has 0 aromatic rings. The number of cyclic esters (lactones) is 1. The van der Waals surface area contributed by atoms with Crippen LogP contribution in [0, 0.1) is 11.8 Å². The fourth-order valence-electron chi connectivity index (χ4n) is 6.42. The van der Waals surface area contributed by atoms with Crippen LogP contribution in [0.1, 0.15) is 79.6 Å². The van der Waals surface area contributed by atoms with Gasteiger partial charge in [-0.15, -0.1) is 0 Å². The van der Waals surface area contributed by atoms with Gasteiger partial charge in [0.25, 0.3) is 5.91 Å². The molecule has 0 aromatic heterocycles. The monoisotopic (exact) mass is 676 g/mol. The number of ether oxygens (including phenoxy) is 2. The summed E-state index contributed by atoms with van der Waals surface area (Å²) in [5.74, 6) is -3.94. The molecule has 3 fully saturated rings. The maximum absolute atomic E-state index is 14.3. The van der Waals surface area contributed by atoms with E-state index in [4.69, 9.17) is 15.0 Å². The van der Waals surface area contributed by atoms with Crippen molar-refractivity contribution >= 4 is 35.5 Å². The van der Waals surface area contributed by atoms with Crippen LogP contribution in [0.25, 0.3) is 10.4 Å². The van der Waals surface area contributed by atoms with Crippen molar-refractivity contribution in [1.82, 2.24) is 25.3 Å². The Bertz CT molecular complexity index is 1270. The van der Waals surface area contributed by atoms with Crippen LogP contribution < -0.4 is 10.6 Å². The standard InChI is InChI=1S/C32H52N8O8/c1-8-20(4)25-29(44)38(6)26(19(2)3)30(45)39(7)32(5,13-10-14-35-37-33)31(46)34-15-12-24(41)48-23(17-21-18-47-21)28(43)40-16-9-11-22(40)27(42)36-25/h19-23,25-26H,8-18H2,1-7H3,(H,34,46)(H,36,42)/t20-,21?,22-,23+,25-,26?,32+/m0/s1. The summed E-state index contributed by atoms with van der Waals surface area (Å²) in [6.45, 7) is 9.55. The number of nitrogens with one attached hydrogen (secondary N) is 2. The Morgan fingerprint density at radius 3 is 2.38 bits per heavy atom. The molecule has 0 radical (unpaired) electrons. The molecule has 2 N–H and O–H groups in total. The smallest absolute Gasteiger partial charge is 0.308 e. The summed E-state index contributed by atoms with van der Waals surface area (Å²) >= 11 is 0. The highest BCUT2D eigenvalue weighted by atomic mass is 16.6. The van der Waals surface area contributed by atoms with Crippen molar-refractivity contribution in [3.8, 4) is 0 Å². The highest BCUT2D eigenvalue weighted by Gasteiger charge is 2.46.